The average molecular weight is 390 g/mol. The van der Waals surface area contributed by atoms with Crippen molar-refractivity contribution in [2.45, 2.75) is 39.5 Å². The van der Waals surface area contributed by atoms with Gasteiger partial charge in [0.2, 0.25) is 0 Å². The Bertz CT molecular complexity index is 773. The summed E-state index contributed by atoms with van der Waals surface area (Å²) in [4.78, 5) is 11.9. The lowest BCUT2D eigenvalue weighted by Gasteiger charge is -2.18. The van der Waals surface area contributed by atoms with Gasteiger partial charge in [0.1, 0.15) is 11.1 Å². The van der Waals surface area contributed by atoms with Gasteiger partial charge in [0, 0.05) is 17.8 Å². The lowest BCUT2D eigenvalue weighted by atomic mass is 10.1. The minimum Gasteiger partial charge on any atom is -0.461 e. The lowest BCUT2D eigenvalue weighted by Crippen LogP contribution is -2.32. The first kappa shape index (κ1) is 20.1. The molecular weight excluding hydrogens is 371 g/mol. The van der Waals surface area contributed by atoms with Crippen LogP contribution >= 0.6 is 11.6 Å². The summed E-state index contributed by atoms with van der Waals surface area (Å²) in [7, 11) is 0. The molecule has 0 saturated carbocycles. The highest BCUT2D eigenvalue weighted by molar-refractivity contribution is 6.35. The summed E-state index contributed by atoms with van der Waals surface area (Å²) in [6.45, 7) is 5.21. The molecule has 1 unspecified atom stereocenters. The molecule has 9 heteroatoms. The monoisotopic (exact) mass is 389 g/mol. The molecule has 2 rings (SSSR count). The summed E-state index contributed by atoms with van der Waals surface area (Å²) in [6.07, 6.45) is -4.34. The Kier molecular flexibility index (Phi) is 6.17. The first-order valence-corrected chi connectivity index (χ1v) is 8.43. The van der Waals surface area contributed by atoms with Crippen LogP contribution in [0.25, 0.3) is 11.3 Å². The molecule has 0 bridgehead atoms. The van der Waals surface area contributed by atoms with Gasteiger partial charge in [0.05, 0.1) is 12.3 Å². The molecule has 2 aromatic rings. The molecule has 1 heterocycles. The van der Waals surface area contributed by atoms with E-state index in [0.717, 1.165) is 6.92 Å². The van der Waals surface area contributed by atoms with E-state index in [1.54, 1.807) is 23.7 Å². The molecule has 1 N–H and O–H groups in total. The minimum atomic E-state index is -4.34. The van der Waals surface area contributed by atoms with Crippen LogP contribution in [0.4, 0.5) is 18.9 Å². The van der Waals surface area contributed by atoms with Crippen LogP contribution in [0.3, 0.4) is 0 Å². The second kappa shape index (κ2) is 7.99. The van der Waals surface area contributed by atoms with Crippen molar-refractivity contribution >= 4 is 23.3 Å². The Morgan fingerprint density at radius 1 is 1.31 bits per heavy atom. The summed E-state index contributed by atoms with van der Waals surface area (Å²) in [5, 5.41) is 6.71. The molecular formula is C17H19ClF3N3O2. The number of alkyl halides is 3. The summed E-state index contributed by atoms with van der Waals surface area (Å²) in [5.41, 5.74) is 1.47. The highest BCUT2D eigenvalue weighted by Crippen LogP contribution is 2.32. The van der Waals surface area contributed by atoms with Crippen LogP contribution in [0.2, 0.25) is 5.02 Å². The Balaban J connectivity index is 2.32. The maximum atomic E-state index is 12.6. The number of aryl methyl sites for hydroxylation is 1. The number of anilines is 1. The molecule has 0 aliphatic rings. The van der Waals surface area contributed by atoms with Crippen molar-refractivity contribution in [1.82, 2.24) is 9.78 Å². The number of rotatable bonds is 6. The molecule has 0 saturated heterocycles. The number of carbonyl (C=O) groups excluding carboxylic acids is 1. The summed E-state index contributed by atoms with van der Waals surface area (Å²) in [5.74, 6) is -0.622. The predicted octanol–water partition coefficient (Wildman–Crippen LogP) is 4.76. The van der Waals surface area contributed by atoms with E-state index in [1.807, 2.05) is 6.92 Å². The van der Waals surface area contributed by atoms with E-state index in [4.69, 9.17) is 16.3 Å². The smallest absolute Gasteiger partial charge is 0.408 e. The van der Waals surface area contributed by atoms with Gasteiger partial charge < -0.3 is 10.1 Å². The Labute approximate surface area is 154 Å². The number of hydrogen-bond donors (Lipinski definition) is 1. The third-order valence-electron chi connectivity index (χ3n) is 3.70. The van der Waals surface area contributed by atoms with Crippen LogP contribution in [0.1, 0.15) is 31.3 Å². The van der Waals surface area contributed by atoms with Crippen molar-refractivity contribution < 1.29 is 22.7 Å². The van der Waals surface area contributed by atoms with Crippen molar-refractivity contribution in [3.05, 3.63) is 35.0 Å². The standard InChI is InChI=1S/C17H19ClF3N3O2/c1-4-24-15(13(18)14(23-24)16(25)26-5-2)11-6-8-12(9-7-11)22-10(3)17(19,20)21/h6-10,22H,4-5H2,1-3H3. The van der Waals surface area contributed by atoms with E-state index in [0.29, 0.717) is 23.5 Å². The van der Waals surface area contributed by atoms with Crippen LogP contribution in [0.15, 0.2) is 24.3 Å². The van der Waals surface area contributed by atoms with Gasteiger partial charge in [0.15, 0.2) is 5.69 Å². The number of hydrogen-bond acceptors (Lipinski definition) is 4. The molecule has 1 aromatic carbocycles. The van der Waals surface area contributed by atoms with Crippen LogP contribution in [-0.4, -0.2) is 34.6 Å². The van der Waals surface area contributed by atoms with Crippen molar-refractivity contribution in [2.75, 3.05) is 11.9 Å². The molecule has 0 aliphatic carbocycles. The second-order valence-electron chi connectivity index (χ2n) is 5.53. The molecule has 0 fully saturated rings. The second-order valence-corrected chi connectivity index (χ2v) is 5.91. The van der Waals surface area contributed by atoms with Gasteiger partial charge in [-0.1, -0.05) is 23.7 Å². The largest absolute Gasteiger partial charge is 0.461 e. The van der Waals surface area contributed by atoms with Gasteiger partial charge in [-0.15, -0.1) is 0 Å². The van der Waals surface area contributed by atoms with Crippen molar-refractivity contribution in [3.8, 4) is 11.3 Å². The predicted molar refractivity (Wildman–Crippen MR) is 93.4 cm³/mol. The van der Waals surface area contributed by atoms with Gasteiger partial charge in [0.25, 0.3) is 0 Å². The molecule has 0 aliphatic heterocycles. The number of nitrogens with zero attached hydrogens (tertiary/aromatic N) is 2. The number of aromatic nitrogens is 2. The fraction of sp³-hybridized carbons (Fsp3) is 0.412. The van der Waals surface area contributed by atoms with E-state index >= 15 is 0 Å². The number of halogens is 4. The zero-order chi connectivity index (χ0) is 19.5. The summed E-state index contributed by atoms with van der Waals surface area (Å²) >= 11 is 6.31. The van der Waals surface area contributed by atoms with E-state index < -0.39 is 18.2 Å². The van der Waals surface area contributed by atoms with Gasteiger partial charge in [-0.05, 0) is 32.9 Å². The first-order chi connectivity index (χ1) is 12.2. The van der Waals surface area contributed by atoms with Gasteiger partial charge in [-0.25, -0.2) is 4.79 Å². The van der Waals surface area contributed by atoms with Crippen LogP contribution < -0.4 is 5.32 Å². The topological polar surface area (TPSA) is 56.1 Å². The quantitative estimate of drug-likeness (QED) is 0.723. The molecule has 0 spiro atoms. The first-order valence-electron chi connectivity index (χ1n) is 8.06. The zero-order valence-electron chi connectivity index (χ0n) is 14.5. The van der Waals surface area contributed by atoms with E-state index in [9.17, 15) is 18.0 Å². The number of ether oxygens (including phenoxy) is 1. The summed E-state index contributed by atoms with van der Waals surface area (Å²) < 4.78 is 44.4. The van der Waals surface area contributed by atoms with Gasteiger partial charge >= 0.3 is 12.1 Å². The maximum absolute atomic E-state index is 12.6. The number of esters is 1. The Hall–Kier alpha value is -2.22. The van der Waals surface area contributed by atoms with E-state index in [1.165, 1.54) is 12.1 Å². The van der Waals surface area contributed by atoms with Crippen LogP contribution in [0, 0.1) is 0 Å². The molecule has 1 aromatic heterocycles. The van der Waals surface area contributed by atoms with E-state index in [2.05, 4.69) is 10.4 Å². The fourth-order valence-electron chi connectivity index (χ4n) is 2.33. The SMILES string of the molecule is CCOC(=O)c1nn(CC)c(-c2ccc(NC(C)C(F)(F)F)cc2)c1Cl. The van der Waals surface area contributed by atoms with Crippen molar-refractivity contribution in [1.29, 1.82) is 0 Å². The number of nitrogens with one attached hydrogen (secondary N) is 1. The zero-order valence-corrected chi connectivity index (χ0v) is 15.3. The van der Waals surface area contributed by atoms with Crippen LogP contribution in [-0.2, 0) is 11.3 Å². The van der Waals surface area contributed by atoms with Crippen molar-refractivity contribution in [2.24, 2.45) is 0 Å². The lowest BCUT2D eigenvalue weighted by molar-refractivity contribution is -0.138. The molecule has 5 nitrogen and oxygen atoms in total. The molecule has 0 radical (unpaired) electrons. The minimum absolute atomic E-state index is 0.0123. The summed E-state index contributed by atoms with van der Waals surface area (Å²) in [6, 6.07) is 4.61. The van der Waals surface area contributed by atoms with Crippen LogP contribution in [0.5, 0.6) is 0 Å². The van der Waals surface area contributed by atoms with Crippen molar-refractivity contribution in [3.63, 3.8) is 0 Å². The third kappa shape index (κ3) is 4.30. The van der Waals surface area contributed by atoms with Gasteiger partial charge in [-0.2, -0.15) is 18.3 Å². The van der Waals surface area contributed by atoms with Gasteiger partial charge in [-0.3, -0.25) is 4.68 Å². The molecule has 26 heavy (non-hydrogen) atoms. The normalized spacial score (nSPS) is 12.7. The molecule has 142 valence electrons. The molecule has 0 amide bonds. The highest BCUT2D eigenvalue weighted by Gasteiger charge is 2.35. The Morgan fingerprint density at radius 2 is 1.92 bits per heavy atom. The Morgan fingerprint density at radius 3 is 2.42 bits per heavy atom. The van der Waals surface area contributed by atoms with E-state index in [-0.39, 0.29) is 17.3 Å². The molecule has 1 atom stereocenters. The fourth-order valence-corrected chi connectivity index (χ4v) is 2.65. The maximum Gasteiger partial charge on any atom is 0.408 e. The average Bonchev–Trinajstić information content (AvgIpc) is 2.91. The third-order valence-corrected chi connectivity index (χ3v) is 4.05. The number of benzene rings is 1. The number of carbonyl (C=O) groups is 1. The highest BCUT2D eigenvalue weighted by atomic mass is 35.5.